The van der Waals surface area contributed by atoms with Gasteiger partial charge >= 0.3 is 0 Å². The van der Waals surface area contributed by atoms with Crippen LogP contribution in [0.1, 0.15) is 52.4 Å². The molecule has 1 N–H and O–H groups in total. The largest absolute Gasteiger partial charge is 0.393 e. The van der Waals surface area contributed by atoms with Crippen LogP contribution in [0.25, 0.3) is 0 Å². The Morgan fingerprint density at radius 2 is 1.57 bits per heavy atom. The summed E-state index contributed by atoms with van der Waals surface area (Å²) >= 11 is 0. The maximum atomic E-state index is 9.62. The highest BCUT2D eigenvalue weighted by Crippen LogP contribution is 2.44. The first-order chi connectivity index (χ1) is 6.66. The number of aliphatic hydroxyl groups is 1. The quantitative estimate of drug-likeness (QED) is 0.682. The van der Waals surface area contributed by atoms with Crippen molar-refractivity contribution in [2.75, 3.05) is 0 Å². The molecule has 14 heavy (non-hydrogen) atoms. The zero-order chi connectivity index (χ0) is 10.1. The summed E-state index contributed by atoms with van der Waals surface area (Å²) in [6, 6.07) is 0. The average Bonchev–Trinajstić information content (AvgIpc) is 2.16. The van der Waals surface area contributed by atoms with Crippen molar-refractivity contribution in [1.82, 2.24) is 0 Å². The predicted molar refractivity (Wildman–Crippen MR) is 59.0 cm³/mol. The van der Waals surface area contributed by atoms with E-state index in [9.17, 15) is 5.11 Å². The van der Waals surface area contributed by atoms with Crippen molar-refractivity contribution < 1.29 is 5.11 Å². The molecule has 82 valence electrons. The van der Waals surface area contributed by atoms with E-state index in [0.717, 1.165) is 36.5 Å². The van der Waals surface area contributed by atoms with Crippen molar-refractivity contribution in [3.63, 3.8) is 0 Å². The fourth-order valence-electron chi connectivity index (χ4n) is 3.51. The van der Waals surface area contributed by atoms with Gasteiger partial charge in [0.15, 0.2) is 0 Å². The van der Waals surface area contributed by atoms with Crippen molar-refractivity contribution in [1.29, 1.82) is 0 Å². The lowest BCUT2D eigenvalue weighted by atomic mass is 9.65. The number of hydrogen-bond acceptors (Lipinski definition) is 1. The summed E-state index contributed by atoms with van der Waals surface area (Å²) in [4.78, 5) is 0. The third kappa shape index (κ3) is 2.13. The van der Waals surface area contributed by atoms with Gasteiger partial charge in [-0.15, -0.1) is 0 Å². The summed E-state index contributed by atoms with van der Waals surface area (Å²) in [6.07, 6.45) is 7.69. The first-order valence-electron chi connectivity index (χ1n) is 6.35. The zero-order valence-electron chi connectivity index (χ0n) is 9.58. The van der Waals surface area contributed by atoms with Crippen LogP contribution in [0.2, 0.25) is 0 Å². The molecule has 2 fully saturated rings. The molecule has 2 aliphatic carbocycles. The molecule has 1 heteroatoms. The maximum Gasteiger partial charge on any atom is 0.0543 e. The molecule has 0 saturated heterocycles. The first-order valence-corrected chi connectivity index (χ1v) is 6.35. The summed E-state index contributed by atoms with van der Waals surface area (Å²) in [5.41, 5.74) is 0. The Morgan fingerprint density at radius 1 is 0.929 bits per heavy atom. The van der Waals surface area contributed by atoms with Gasteiger partial charge in [0.25, 0.3) is 0 Å². The van der Waals surface area contributed by atoms with Gasteiger partial charge in [-0.25, -0.2) is 0 Å². The molecule has 0 bridgehead atoms. The molecule has 4 atom stereocenters. The van der Waals surface area contributed by atoms with Crippen LogP contribution < -0.4 is 0 Å². The van der Waals surface area contributed by atoms with Crippen LogP contribution in [0.4, 0.5) is 0 Å². The van der Waals surface area contributed by atoms with Crippen LogP contribution in [-0.2, 0) is 0 Å². The highest BCUT2D eigenvalue weighted by atomic mass is 16.3. The van der Waals surface area contributed by atoms with E-state index in [1.54, 1.807) is 0 Å². The van der Waals surface area contributed by atoms with Gasteiger partial charge in [-0.1, -0.05) is 13.8 Å². The summed E-state index contributed by atoms with van der Waals surface area (Å²) in [7, 11) is 0. The Labute approximate surface area is 87.9 Å². The SMILES string of the molecule is CC(C)[C@H]1CC[C@@H]2C[C@@H](O)CC[C@H]2C1. The van der Waals surface area contributed by atoms with E-state index in [-0.39, 0.29) is 6.10 Å². The van der Waals surface area contributed by atoms with E-state index >= 15 is 0 Å². The van der Waals surface area contributed by atoms with Gasteiger partial charge in [-0.3, -0.25) is 0 Å². The topological polar surface area (TPSA) is 20.2 Å². The van der Waals surface area contributed by atoms with Crippen LogP contribution in [0.5, 0.6) is 0 Å². The summed E-state index contributed by atoms with van der Waals surface area (Å²) in [6.45, 7) is 4.73. The lowest BCUT2D eigenvalue weighted by Gasteiger charge is -2.42. The van der Waals surface area contributed by atoms with Crippen LogP contribution in [-0.4, -0.2) is 11.2 Å². The Morgan fingerprint density at radius 3 is 2.29 bits per heavy atom. The molecule has 0 spiro atoms. The van der Waals surface area contributed by atoms with Gasteiger partial charge in [-0.2, -0.15) is 0 Å². The van der Waals surface area contributed by atoms with E-state index in [0.29, 0.717) is 0 Å². The fraction of sp³-hybridized carbons (Fsp3) is 1.00. The lowest BCUT2D eigenvalue weighted by Crippen LogP contribution is -2.34. The number of aliphatic hydroxyl groups excluding tert-OH is 1. The van der Waals surface area contributed by atoms with Crippen molar-refractivity contribution in [2.24, 2.45) is 23.7 Å². The Balaban J connectivity index is 1.91. The van der Waals surface area contributed by atoms with Crippen LogP contribution in [0, 0.1) is 23.7 Å². The third-order valence-corrected chi connectivity index (χ3v) is 4.57. The van der Waals surface area contributed by atoms with Crippen molar-refractivity contribution in [3.05, 3.63) is 0 Å². The van der Waals surface area contributed by atoms with Gasteiger partial charge in [-0.05, 0) is 62.2 Å². The zero-order valence-corrected chi connectivity index (χ0v) is 9.58. The molecule has 0 aromatic carbocycles. The fourth-order valence-corrected chi connectivity index (χ4v) is 3.51. The van der Waals surface area contributed by atoms with E-state index in [1.165, 1.54) is 25.7 Å². The molecule has 1 nitrogen and oxygen atoms in total. The monoisotopic (exact) mass is 196 g/mol. The minimum atomic E-state index is 0.0202. The average molecular weight is 196 g/mol. The molecule has 2 aliphatic rings. The van der Waals surface area contributed by atoms with Crippen LogP contribution >= 0.6 is 0 Å². The predicted octanol–water partition coefficient (Wildman–Crippen LogP) is 3.22. The molecule has 2 rings (SSSR count). The van der Waals surface area contributed by atoms with Crippen molar-refractivity contribution >= 4 is 0 Å². The maximum absolute atomic E-state index is 9.62. The second-order valence-corrected chi connectivity index (χ2v) is 5.80. The van der Waals surface area contributed by atoms with Gasteiger partial charge in [0, 0.05) is 0 Å². The molecule has 0 amide bonds. The molecule has 0 heterocycles. The van der Waals surface area contributed by atoms with E-state index in [4.69, 9.17) is 0 Å². The molecular weight excluding hydrogens is 172 g/mol. The molecule has 0 unspecified atom stereocenters. The van der Waals surface area contributed by atoms with Gasteiger partial charge in [0.05, 0.1) is 6.10 Å². The smallest absolute Gasteiger partial charge is 0.0543 e. The Bertz CT molecular complexity index is 188. The minimum absolute atomic E-state index is 0.0202. The number of rotatable bonds is 1. The van der Waals surface area contributed by atoms with Crippen molar-refractivity contribution in [3.8, 4) is 0 Å². The molecule has 0 aromatic heterocycles. The highest BCUT2D eigenvalue weighted by Gasteiger charge is 2.35. The highest BCUT2D eigenvalue weighted by molar-refractivity contribution is 4.86. The molecule has 0 aliphatic heterocycles. The summed E-state index contributed by atoms with van der Waals surface area (Å²) in [5.74, 6) is 3.63. The van der Waals surface area contributed by atoms with Crippen LogP contribution in [0.3, 0.4) is 0 Å². The molecular formula is C13H24O. The van der Waals surface area contributed by atoms with Gasteiger partial charge in [0.2, 0.25) is 0 Å². The second kappa shape index (κ2) is 4.22. The number of fused-ring (bicyclic) bond motifs is 1. The first kappa shape index (κ1) is 10.5. The normalized spacial score (nSPS) is 43.7. The molecule has 2 saturated carbocycles. The summed E-state index contributed by atoms with van der Waals surface area (Å²) in [5, 5.41) is 9.62. The molecule has 0 radical (unpaired) electrons. The minimum Gasteiger partial charge on any atom is -0.393 e. The lowest BCUT2D eigenvalue weighted by molar-refractivity contribution is 0.0282. The second-order valence-electron chi connectivity index (χ2n) is 5.80. The van der Waals surface area contributed by atoms with Crippen LogP contribution in [0.15, 0.2) is 0 Å². The van der Waals surface area contributed by atoms with E-state index in [2.05, 4.69) is 13.8 Å². The third-order valence-electron chi connectivity index (χ3n) is 4.57. The molecule has 0 aromatic rings. The standard InChI is InChI=1S/C13H24O/c1-9(2)10-3-4-12-8-13(14)6-5-11(12)7-10/h9-14H,3-8H2,1-2H3/t10-,11-,12+,13-/m0/s1. The Hall–Kier alpha value is -0.0400. The van der Waals surface area contributed by atoms with Crippen molar-refractivity contribution in [2.45, 2.75) is 58.5 Å². The van der Waals surface area contributed by atoms with Gasteiger partial charge in [0.1, 0.15) is 0 Å². The number of hydrogen-bond donors (Lipinski definition) is 1. The van der Waals surface area contributed by atoms with E-state index < -0.39 is 0 Å². The van der Waals surface area contributed by atoms with Gasteiger partial charge < -0.3 is 5.11 Å². The Kier molecular flexibility index (Phi) is 3.16. The summed E-state index contributed by atoms with van der Waals surface area (Å²) < 4.78 is 0. The van der Waals surface area contributed by atoms with E-state index in [1.807, 2.05) is 0 Å².